The van der Waals surface area contributed by atoms with Gasteiger partial charge in [-0.2, -0.15) is 18.2 Å². The predicted molar refractivity (Wildman–Crippen MR) is 73.2 cm³/mol. The molecule has 1 rings (SSSR count). The summed E-state index contributed by atoms with van der Waals surface area (Å²) in [6, 6.07) is 0.0126. The van der Waals surface area contributed by atoms with E-state index >= 15 is 0 Å². The smallest absolute Gasteiger partial charge is 0.383 e. The van der Waals surface area contributed by atoms with E-state index in [1.807, 2.05) is 34.6 Å². The van der Waals surface area contributed by atoms with Crippen LogP contribution in [0.1, 0.15) is 40.2 Å². The molecule has 7 heteroatoms. The Hall–Kier alpha value is -1.53. The number of anilines is 2. The summed E-state index contributed by atoms with van der Waals surface area (Å²) < 4.78 is 37.7. The van der Waals surface area contributed by atoms with Gasteiger partial charge in [0.25, 0.3) is 0 Å². The topological polar surface area (TPSA) is 63.8 Å². The Morgan fingerprint density at radius 3 is 2.10 bits per heavy atom. The number of aromatic nitrogens is 2. The highest BCUT2D eigenvalue weighted by Crippen LogP contribution is 2.33. The minimum Gasteiger partial charge on any atom is -0.383 e. The number of nitrogens with one attached hydrogen (secondary N) is 1. The van der Waals surface area contributed by atoms with E-state index in [1.165, 1.54) is 0 Å². The number of hydrogen-bond donors (Lipinski definition) is 2. The monoisotopic (exact) mass is 290 g/mol. The second-order valence-corrected chi connectivity index (χ2v) is 6.22. The van der Waals surface area contributed by atoms with Crippen LogP contribution >= 0.6 is 0 Å². The molecule has 0 saturated heterocycles. The van der Waals surface area contributed by atoms with E-state index in [1.54, 1.807) is 0 Å². The third-order valence-electron chi connectivity index (χ3n) is 3.01. The van der Waals surface area contributed by atoms with Crippen molar-refractivity contribution in [3.8, 4) is 0 Å². The Balaban J connectivity index is 3.02. The maximum Gasteiger partial charge on any atom is 0.421 e. The third kappa shape index (κ3) is 3.98. The molecule has 0 aromatic carbocycles. The molecule has 0 amide bonds. The molecule has 0 aliphatic heterocycles. The first-order valence-electron chi connectivity index (χ1n) is 6.39. The fraction of sp³-hybridized carbons (Fsp3) is 0.692. The lowest BCUT2D eigenvalue weighted by Crippen LogP contribution is -2.39. The Morgan fingerprint density at radius 2 is 1.75 bits per heavy atom. The molecule has 0 spiro atoms. The Kier molecular flexibility index (Phi) is 4.51. The van der Waals surface area contributed by atoms with Crippen molar-refractivity contribution < 1.29 is 13.2 Å². The van der Waals surface area contributed by atoms with Crippen LogP contribution < -0.4 is 11.1 Å². The van der Waals surface area contributed by atoms with E-state index in [0.29, 0.717) is 6.20 Å². The highest BCUT2D eigenvalue weighted by molar-refractivity contribution is 5.45. The standard InChI is InChI=1S/C13H21F3N4/c1-7(2)9(12(3,4)5)19-11-18-6-8(10(17)20-11)13(14,15)16/h6-7,9H,1-5H3,(H3,17,18,19,20)/t9-/m0/s1. The number of halogens is 3. The van der Waals surface area contributed by atoms with E-state index in [-0.39, 0.29) is 23.3 Å². The van der Waals surface area contributed by atoms with Crippen molar-refractivity contribution in [1.82, 2.24) is 9.97 Å². The first kappa shape index (κ1) is 16.5. The molecule has 0 radical (unpaired) electrons. The lowest BCUT2D eigenvalue weighted by molar-refractivity contribution is -0.137. The van der Waals surface area contributed by atoms with Crippen molar-refractivity contribution in [2.45, 2.75) is 46.8 Å². The summed E-state index contributed by atoms with van der Waals surface area (Å²) in [4.78, 5) is 7.43. The molecule has 0 unspecified atom stereocenters. The quantitative estimate of drug-likeness (QED) is 0.893. The molecule has 0 fully saturated rings. The molecule has 1 heterocycles. The Labute approximate surface area is 117 Å². The number of alkyl halides is 3. The molecule has 3 N–H and O–H groups in total. The van der Waals surface area contributed by atoms with Crippen molar-refractivity contribution in [1.29, 1.82) is 0 Å². The van der Waals surface area contributed by atoms with E-state index in [4.69, 9.17) is 5.73 Å². The van der Waals surface area contributed by atoms with Gasteiger partial charge in [-0.25, -0.2) is 4.98 Å². The molecule has 0 aliphatic carbocycles. The van der Waals surface area contributed by atoms with E-state index in [9.17, 15) is 13.2 Å². The lowest BCUT2D eigenvalue weighted by atomic mass is 9.80. The van der Waals surface area contributed by atoms with Crippen LogP contribution in [-0.2, 0) is 6.18 Å². The van der Waals surface area contributed by atoms with Gasteiger partial charge in [0.15, 0.2) is 0 Å². The van der Waals surface area contributed by atoms with Gasteiger partial charge in [0.05, 0.1) is 0 Å². The minimum atomic E-state index is -4.54. The fourth-order valence-electron chi connectivity index (χ4n) is 2.21. The summed E-state index contributed by atoms with van der Waals surface area (Å²) in [5.41, 5.74) is 4.25. The van der Waals surface area contributed by atoms with Crippen molar-refractivity contribution in [3.63, 3.8) is 0 Å². The van der Waals surface area contributed by atoms with Crippen LogP contribution in [0.5, 0.6) is 0 Å². The molecule has 114 valence electrons. The highest BCUT2D eigenvalue weighted by atomic mass is 19.4. The maximum atomic E-state index is 12.6. The van der Waals surface area contributed by atoms with Crippen molar-refractivity contribution in [2.75, 3.05) is 11.1 Å². The number of rotatable bonds is 3. The molecule has 0 bridgehead atoms. The van der Waals surface area contributed by atoms with E-state index in [2.05, 4.69) is 15.3 Å². The average molecular weight is 290 g/mol. The van der Waals surface area contributed by atoms with Gasteiger partial charge < -0.3 is 11.1 Å². The number of hydrogen-bond acceptors (Lipinski definition) is 4. The summed E-state index contributed by atoms with van der Waals surface area (Å²) in [7, 11) is 0. The summed E-state index contributed by atoms with van der Waals surface area (Å²) >= 11 is 0. The summed E-state index contributed by atoms with van der Waals surface area (Å²) in [6.07, 6.45) is -3.82. The summed E-state index contributed by atoms with van der Waals surface area (Å²) in [6.45, 7) is 10.2. The normalized spacial score (nSPS) is 14.4. The first-order chi connectivity index (χ1) is 8.93. The second-order valence-electron chi connectivity index (χ2n) is 6.22. The van der Waals surface area contributed by atoms with E-state index < -0.39 is 17.6 Å². The first-order valence-corrected chi connectivity index (χ1v) is 6.39. The van der Waals surface area contributed by atoms with Gasteiger partial charge in [0.1, 0.15) is 11.4 Å². The van der Waals surface area contributed by atoms with Crippen LogP contribution in [0.4, 0.5) is 24.9 Å². The molecular weight excluding hydrogens is 269 g/mol. The van der Waals surface area contributed by atoms with Crippen LogP contribution in [0.25, 0.3) is 0 Å². The number of nitrogens with zero attached hydrogens (tertiary/aromatic N) is 2. The molecular formula is C13H21F3N4. The lowest BCUT2D eigenvalue weighted by Gasteiger charge is -2.34. The van der Waals surface area contributed by atoms with Crippen LogP contribution in [0.3, 0.4) is 0 Å². The zero-order chi connectivity index (χ0) is 15.7. The zero-order valence-electron chi connectivity index (χ0n) is 12.3. The van der Waals surface area contributed by atoms with Crippen molar-refractivity contribution in [2.24, 2.45) is 11.3 Å². The van der Waals surface area contributed by atoms with E-state index in [0.717, 1.165) is 0 Å². The molecule has 1 atom stereocenters. The predicted octanol–water partition coefficient (Wildman–Crippen LogP) is 3.56. The van der Waals surface area contributed by atoms with Gasteiger partial charge in [-0.05, 0) is 11.3 Å². The van der Waals surface area contributed by atoms with Crippen LogP contribution in [0.2, 0.25) is 0 Å². The molecule has 1 aromatic heterocycles. The van der Waals surface area contributed by atoms with Gasteiger partial charge in [-0.15, -0.1) is 0 Å². The second kappa shape index (κ2) is 5.46. The molecule has 1 aromatic rings. The SMILES string of the molecule is CC(C)[C@H](Nc1ncc(C(F)(F)F)c(N)n1)C(C)(C)C. The van der Waals surface area contributed by atoms with Crippen molar-refractivity contribution in [3.05, 3.63) is 11.8 Å². The molecule has 4 nitrogen and oxygen atoms in total. The molecule has 0 saturated carbocycles. The Morgan fingerprint density at radius 1 is 1.20 bits per heavy atom. The largest absolute Gasteiger partial charge is 0.421 e. The summed E-state index contributed by atoms with van der Waals surface area (Å²) in [5, 5.41) is 3.07. The molecule has 0 aliphatic rings. The van der Waals surface area contributed by atoms with Gasteiger partial charge in [-0.1, -0.05) is 34.6 Å². The zero-order valence-corrected chi connectivity index (χ0v) is 12.3. The maximum absolute atomic E-state index is 12.6. The van der Waals surface area contributed by atoms with Gasteiger partial charge in [-0.3, -0.25) is 0 Å². The van der Waals surface area contributed by atoms with Crippen LogP contribution in [0, 0.1) is 11.3 Å². The van der Waals surface area contributed by atoms with Crippen molar-refractivity contribution >= 4 is 11.8 Å². The minimum absolute atomic E-state index is 0.0126. The van der Waals surface area contributed by atoms with Crippen LogP contribution in [0.15, 0.2) is 6.20 Å². The Bertz CT molecular complexity index is 464. The number of nitrogen functional groups attached to an aromatic ring is 1. The van der Waals surface area contributed by atoms with Gasteiger partial charge in [0, 0.05) is 12.2 Å². The fourth-order valence-corrected chi connectivity index (χ4v) is 2.21. The third-order valence-corrected chi connectivity index (χ3v) is 3.01. The summed E-state index contributed by atoms with van der Waals surface area (Å²) in [5.74, 6) is -0.183. The molecule has 20 heavy (non-hydrogen) atoms. The van der Waals surface area contributed by atoms with Gasteiger partial charge in [0.2, 0.25) is 5.95 Å². The van der Waals surface area contributed by atoms with Gasteiger partial charge >= 0.3 is 6.18 Å². The van der Waals surface area contributed by atoms with Crippen LogP contribution in [-0.4, -0.2) is 16.0 Å². The number of nitrogens with two attached hydrogens (primary N) is 1. The highest BCUT2D eigenvalue weighted by Gasteiger charge is 2.35. The average Bonchev–Trinajstić information content (AvgIpc) is 2.22.